The maximum atomic E-state index is 13.1. The summed E-state index contributed by atoms with van der Waals surface area (Å²) in [5.74, 6) is 0.0407. The average molecular weight is 342 g/mol. The number of halogens is 1. The van der Waals surface area contributed by atoms with Gasteiger partial charge in [-0.2, -0.15) is 0 Å². The number of fused-ring (bicyclic) bond motifs is 1. The molecule has 1 unspecified atom stereocenters. The Kier molecular flexibility index (Phi) is 3.57. The molecule has 0 spiro atoms. The van der Waals surface area contributed by atoms with Gasteiger partial charge >= 0.3 is 6.03 Å². The van der Waals surface area contributed by atoms with Crippen molar-refractivity contribution >= 4 is 29.4 Å². The molecule has 2 atom stereocenters. The molecule has 24 heavy (non-hydrogen) atoms. The maximum Gasteiger partial charge on any atom is 0.333 e. The molecular formula is C18H15FN2O2S. The summed E-state index contributed by atoms with van der Waals surface area (Å²) in [4.78, 5) is 28.4. The Morgan fingerprint density at radius 1 is 1.04 bits per heavy atom. The Morgan fingerprint density at radius 3 is 2.38 bits per heavy atom. The number of aryl methyl sites for hydroxylation is 1. The number of nitrogens with zero attached hydrogens (tertiary/aromatic N) is 2. The highest BCUT2D eigenvalue weighted by Gasteiger charge is 2.53. The quantitative estimate of drug-likeness (QED) is 0.781. The van der Waals surface area contributed by atoms with Crippen LogP contribution in [0.3, 0.4) is 0 Å². The first-order valence-corrected chi connectivity index (χ1v) is 8.71. The van der Waals surface area contributed by atoms with Gasteiger partial charge < -0.3 is 0 Å². The van der Waals surface area contributed by atoms with Gasteiger partial charge in [-0.25, -0.2) is 14.1 Å². The lowest BCUT2D eigenvalue weighted by Gasteiger charge is -2.23. The van der Waals surface area contributed by atoms with Crippen molar-refractivity contribution < 1.29 is 14.0 Å². The van der Waals surface area contributed by atoms with Crippen LogP contribution in [0.15, 0.2) is 48.5 Å². The third-order valence-electron chi connectivity index (χ3n) is 4.37. The van der Waals surface area contributed by atoms with Gasteiger partial charge in [-0.3, -0.25) is 9.69 Å². The number of carbonyl (C=O) groups is 2. The van der Waals surface area contributed by atoms with Crippen LogP contribution in [0.1, 0.15) is 16.5 Å². The van der Waals surface area contributed by atoms with E-state index in [2.05, 4.69) is 0 Å². The van der Waals surface area contributed by atoms with E-state index in [-0.39, 0.29) is 23.1 Å². The first kappa shape index (κ1) is 15.2. The van der Waals surface area contributed by atoms with Gasteiger partial charge in [-0.1, -0.05) is 29.8 Å². The fourth-order valence-electron chi connectivity index (χ4n) is 3.10. The summed E-state index contributed by atoms with van der Waals surface area (Å²) >= 11 is 1.54. The summed E-state index contributed by atoms with van der Waals surface area (Å²) in [6.07, 6.45) is 0. The molecule has 2 aromatic rings. The largest absolute Gasteiger partial charge is 0.333 e. The molecule has 0 aromatic heterocycles. The molecule has 0 aliphatic carbocycles. The number of thioether (sulfide) groups is 1. The second-order valence-electron chi connectivity index (χ2n) is 5.95. The van der Waals surface area contributed by atoms with Gasteiger partial charge in [0.25, 0.3) is 5.91 Å². The van der Waals surface area contributed by atoms with Crippen LogP contribution in [0.4, 0.5) is 14.9 Å². The van der Waals surface area contributed by atoms with Gasteiger partial charge in [-0.15, -0.1) is 11.8 Å². The van der Waals surface area contributed by atoms with E-state index < -0.39 is 6.04 Å². The number of hydrogen-bond acceptors (Lipinski definition) is 3. The van der Waals surface area contributed by atoms with Crippen LogP contribution in [0.2, 0.25) is 0 Å². The van der Waals surface area contributed by atoms with E-state index in [1.54, 1.807) is 29.2 Å². The lowest BCUT2D eigenvalue weighted by molar-refractivity contribution is -0.119. The molecule has 2 heterocycles. The molecule has 0 radical (unpaired) electrons. The Labute approximate surface area is 143 Å². The highest BCUT2D eigenvalue weighted by Crippen LogP contribution is 2.46. The molecule has 2 fully saturated rings. The third kappa shape index (κ3) is 2.29. The number of urea groups is 1. The van der Waals surface area contributed by atoms with E-state index in [1.807, 2.05) is 19.1 Å². The monoisotopic (exact) mass is 342 g/mol. The van der Waals surface area contributed by atoms with E-state index in [0.29, 0.717) is 11.4 Å². The number of amides is 3. The normalized spacial score (nSPS) is 23.1. The van der Waals surface area contributed by atoms with E-state index in [4.69, 9.17) is 0 Å². The maximum absolute atomic E-state index is 13.1. The summed E-state index contributed by atoms with van der Waals surface area (Å²) in [5, 5.41) is -0.262. The van der Waals surface area contributed by atoms with Gasteiger partial charge in [0.2, 0.25) is 0 Å². The highest BCUT2D eigenvalue weighted by atomic mass is 32.2. The van der Waals surface area contributed by atoms with Crippen molar-refractivity contribution in [2.24, 2.45) is 0 Å². The first-order valence-electron chi connectivity index (χ1n) is 7.66. The van der Waals surface area contributed by atoms with E-state index in [1.165, 1.54) is 28.8 Å². The summed E-state index contributed by atoms with van der Waals surface area (Å²) in [5.41, 5.74) is 2.49. The molecular weight excluding hydrogens is 327 g/mol. The lowest BCUT2D eigenvalue weighted by Crippen LogP contribution is -2.33. The molecule has 6 heteroatoms. The van der Waals surface area contributed by atoms with E-state index in [9.17, 15) is 14.0 Å². The summed E-state index contributed by atoms with van der Waals surface area (Å²) in [7, 11) is 0. The lowest BCUT2D eigenvalue weighted by atomic mass is 10.2. The minimum absolute atomic E-state index is 0.194. The zero-order valence-corrected chi connectivity index (χ0v) is 13.8. The van der Waals surface area contributed by atoms with Gasteiger partial charge in [-0.05, 0) is 36.8 Å². The van der Waals surface area contributed by atoms with E-state index in [0.717, 1.165) is 11.1 Å². The van der Waals surface area contributed by atoms with Gasteiger partial charge in [0.1, 0.15) is 17.2 Å². The molecule has 122 valence electrons. The van der Waals surface area contributed by atoms with Gasteiger partial charge in [0.15, 0.2) is 0 Å². The van der Waals surface area contributed by atoms with Gasteiger partial charge in [0, 0.05) is 5.75 Å². The first-order chi connectivity index (χ1) is 11.6. The molecule has 0 saturated carbocycles. The molecule has 4 rings (SSSR count). The minimum Gasteiger partial charge on any atom is -0.295 e. The third-order valence-corrected chi connectivity index (χ3v) is 5.69. The predicted octanol–water partition coefficient (Wildman–Crippen LogP) is 3.72. The summed E-state index contributed by atoms with van der Waals surface area (Å²) in [6.45, 7) is 1.96. The molecule has 0 bridgehead atoms. The fraction of sp³-hybridized carbons (Fsp3) is 0.222. The Morgan fingerprint density at radius 2 is 1.71 bits per heavy atom. The van der Waals surface area contributed by atoms with Gasteiger partial charge in [0.05, 0.1) is 5.69 Å². The zero-order valence-electron chi connectivity index (χ0n) is 13.0. The van der Waals surface area contributed by atoms with Crippen molar-refractivity contribution in [2.45, 2.75) is 18.3 Å². The molecule has 2 aliphatic heterocycles. The van der Waals surface area contributed by atoms with Crippen molar-refractivity contribution in [3.8, 4) is 0 Å². The Balaban J connectivity index is 1.67. The van der Waals surface area contributed by atoms with Crippen LogP contribution < -0.4 is 4.90 Å². The average Bonchev–Trinajstić information content (AvgIpc) is 3.11. The Hall–Kier alpha value is -2.34. The van der Waals surface area contributed by atoms with Crippen molar-refractivity contribution in [3.05, 3.63) is 65.5 Å². The number of rotatable bonds is 2. The van der Waals surface area contributed by atoms with Crippen LogP contribution in [-0.2, 0) is 4.79 Å². The number of anilines is 1. The topological polar surface area (TPSA) is 40.6 Å². The van der Waals surface area contributed by atoms with Crippen LogP contribution >= 0.6 is 11.8 Å². The Bertz CT molecular complexity index is 807. The molecule has 3 amide bonds. The highest BCUT2D eigenvalue weighted by molar-refractivity contribution is 7.99. The molecule has 2 saturated heterocycles. The minimum atomic E-state index is -0.459. The van der Waals surface area contributed by atoms with Crippen molar-refractivity contribution in [2.75, 3.05) is 10.7 Å². The molecule has 2 aromatic carbocycles. The van der Waals surface area contributed by atoms with Crippen molar-refractivity contribution in [1.29, 1.82) is 0 Å². The number of imide groups is 1. The van der Waals surface area contributed by atoms with Crippen LogP contribution in [0.5, 0.6) is 0 Å². The van der Waals surface area contributed by atoms with Crippen molar-refractivity contribution in [3.63, 3.8) is 0 Å². The molecule has 2 aliphatic rings. The fourth-order valence-corrected chi connectivity index (χ4v) is 4.52. The smallest absolute Gasteiger partial charge is 0.295 e. The zero-order chi connectivity index (χ0) is 16.8. The van der Waals surface area contributed by atoms with Crippen LogP contribution in [-0.4, -0.2) is 28.6 Å². The second-order valence-corrected chi connectivity index (χ2v) is 7.07. The number of carbonyl (C=O) groups excluding carboxylic acids is 2. The van der Waals surface area contributed by atoms with Crippen LogP contribution in [0.25, 0.3) is 0 Å². The van der Waals surface area contributed by atoms with Crippen molar-refractivity contribution in [1.82, 2.24) is 4.90 Å². The summed E-state index contributed by atoms with van der Waals surface area (Å²) < 4.78 is 13.1. The number of benzene rings is 2. The molecule has 4 nitrogen and oxygen atoms in total. The second kappa shape index (κ2) is 5.63. The number of hydrogen-bond donors (Lipinski definition) is 0. The standard InChI is InChI=1S/C18H15FN2O2S/c1-11-2-8-14(9-3-11)20-16(22)15-10-24-17(21(15)18(20)23)12-4-6-13(19)7-5-12/h2-9,15,17H,10H2,1H3/t15-,17?/m0/s1. The predicted molar refractivity (Wildman–Crippen MR) is 91.3 cm³/mol. The summed E-state index contributed by atoms with van der Waals surface area (Å²) in [6, 6.07) is 12.7. The molecule has 0 N–H and O–H groups in total. The van der Waals surface area contributed by atoms with E-state index >= 15 is 0 Å². The van der Waals surface area contributed by atoms with Crippen LogP contribution in [0, 0.1) is 12.7 Å². The SMILES string of the molecule is Cc1ccc(N2C(=O)[C@@H]3CSC(c4ccc(F)cc4)N3C2=O)cc1.